The molecule has 3 fully saturated rings. The lowest BCUT2D eigenvalue weighted by molar-refractivity contribution is -0.145. The zero-order valence-corrected chi connectivity index (χ0v) is 24.8. The lowest BCUT2D eigenvalue weighted by atomic mass is 9.48. The van der Waals surface area contributed by atoms with E-state index in [-0.39, 0.29) is 28.9 Å². The second-order valence-corrected chi connectivity index (χ2v) is 13.2. The van der Waals surface area contributed by atoms with Gasteiger partial charge in [0, 0.05) is 55.0 Å². The van der Waals surface area contributed by atoms with Crippen molar-refractivity contribution in [3.8, 4) is 0 Å². The average Bonchev–Trinajstić information content (AvgIpc) is 2.91. The van der Waals surface area contributed by atoms with Gasteiger partial charge in [-0.3, -0.25) is 4.79 Å². The molecule has 1 aromatic rings. The summed E-state index contributed by atoms with van der Waals surface area (Å²) in [5.74, 6) is 2.81. The van der Waals surface area contributed by atoms with Gasteiger partial charge in [0.1, 0.15) is 6.10 Å². The lowest BCUT2D eigenvalue weighted by Crippen LogP contribution is -2.62. The van der Waals surface area contributed by atoms with Crippen LogP contribution < -0.4 is 10.2 Å². The number of anilines is 1. The van der Waals surface area contributed by atoms with Gasteiger partial charge in [0.05, 0.1) is 0 Å². The second-order valence-electron chi connectivity index (χ2n) is 12.4. The first kappa shape index (κ1) is 28.5. The summed E-state index contributed by atoms with van der Waals surface area (Å²) in [5, 5.41) is 3.35. The van der Waals surface area contributed by atoms with E-state index in [1.165, 1.54) is 5.57 Å². The van der Waals surface area contributed by atoms with Gasteiger partial charge in [0.25, 0.3) is 0 Å². The van der Waals surface area contributed by atoms with E-state index in [1.54, 1.807) is 6.08 Å². The molecular formula is C32H42Cl2N2O3. The number of benzene rings is 1. The number of carbonyl (C=O) groups is 2. The fraction of sp³-hybridized carbons (Fsp3) is 0.625. The van der Waals surface area contributed by atoms with Crippen molar-refractivity contribution < 1.29 is 14.3 Å². The van der Waals surface area contributed by atoms with E-state index < -0.39 is 0 Å². The van der Waals surface area contributed by atoms with E-state index in [0.29, 0.717) is 35.9 Å². The maximum atomic E-state index is 12.8. The van der Waals surface area contributed by atoms with E-state index in [4.69, 9.17) is 27.9 Å². The molecule has 6 atom stereocenters. The minimum atomic E-state index is -0.284. The molecule has 212 valence electrons. The minimum absolute atomic E-state index is 0.0523. The molecule has 1 aliphatic heterocycles. The smallest absolute Gasteiger partial charge is 0.331 e. The van der Waals surface area contributed by atoms with Crippen molar-refractivity contribution >= 4 is 46.8 Å². The van der Waals surface area contributed by atoms with Crippen molar-refractivity contribution in [2.45, 2.75) is 76.9 Å². The van der Waals surface area contributed by atoms with Gasteiger partial charge in [-0.2, -0.15) is 0 Å². The van der Waals surface area contributed by atoms with Crippen LogP contribution in [0.5, 0.6) is 0 Å². The number of rotatable bonds is 8. The molecule has 1 amide bonds. The highest BCUT2D eigenvalue weighted by atomic mass is 35.5. The van der Waals surface area contributed by atoms with Gasteiger partial charge in [-0.05, 0) is 92.4 Å². The van der Waals surface area contributed by atoms with Crippen LogP contribution in [-0.4, -0.2) is 48.4 Å². The fourth-order valence-corrected chi connectivity index (χ4v) is 8.58. The number of carbonyl (C=O) groups excluding carboxylic acids is 2. The van der Waals surface area contributed by atoms with Crippen LogP contribution in [0.3, 0.4) is 0 Å². The molecule has 0 radical (unpaired) electrons. The number of allylic oxidation sites excluding steroid dienone is 1. The second kappa shape index (κ2) is 11.9. The van der Waals surface area contributed by atoms with Crippen molar-refractivity contribution in [3.63, 3.8) is 0 Å². The summed E-state index contributed by atoms with van der Waals surface area (Å²) in [7, 11) is 0. The Morgan fingerprint density at radius 3 is 2.69 bits per heavy atom. The van der Waals surface area contributed by atoms with Gasteiger partial charge in [-0.25, -0.2) is 4.79 Å². The Kier molecular flexibility index (Phi) is 8.68. The molecular weight excluding hydrogens is 531 g/mol. The Morgan fingerprint density at radius 2 is 1.92 bits per heavy atom. The summed E-state index contributed by atoms with van der Waals surface area (Å²) < 4.78 is 5.95. The van der Waals surface area contributed by atoms with Crippen LogP contribution in [0.15, 0.2) is 42.0 Å². The van der Waals surface area contributed by atoms with Crippen LogP contribution in [0.1, 0.15) is 70.8 Å². The Morgan fingerprint density at radius 1 is 1.13 bits per heavy atom. The van der Waals surface area contributed by atoms with E-state index in [9.17, 15) is 9.59 Å². The SMILES string of the molecule is C[C@]12CC[C@H](OC(=O)/C=C/c3cccc(N(CCCl)CCCl)c3)CC1=CC[C@@H]1[C@@H]2CC[C@]2(C)NC(=O)CC[C@@H]12. The average molecular weight is 574 g/mol. The first-order valence-electron chi connectivity index (χ1n) is 14.6. The lowest BCUT2D eigenvalue weighted by Gasteiger charge is -2.59. The topological polar surface area (TPSA) is 58.6 Å². The molecule has 0 aromatic heterocycles. The maximum Gasteiger partial charge on any atom is 0.331 e. The Balaban J connectivity index is 1.21. The first-order chi connectivity index (χ1) is 18.8. The minimum Gasteiger partial charge on any atom is -0.459 e. The third kappa shape index (κ3) is 5.91. The van der Waals surface area contributed by atoms with Crippen molar-refractivity contribution in [1.29, 1.82) is 0 Å². The molecule has 4 aliphatic rings. The predicted molar refractivity (Wildman–Crippen MR) is 159 cm³/mol. The third-order valence-corrected chi connectivity index (χ3v) is 10.5. The number of esters is 1. The fourth-order valence-electron chi connectivity index (χ4n) is 8.17. The van der Waals surface area contributed by atoms with Gasteiger partial charge in [0.15, 0.2) is 0 Å². The zero-order valence-electron chi connectivity index (χ0n) is 23.3. The molecule has 0 bridgehead atoms. The van der Waals surface area contributed by atoms with E-state index in [1.807, 2.05) is 30.3 Å². The molecule has 1 aromatic carbocycles. The van der Waals surface area contributed by atoms with Crippen molar-refractivity contribution in [3.05, 3.63) is 47.6 Å². The molecule has 5 rings (SSSR count). The molecule has 0 spiro atoms. The summed E-state index contributed by atoms with van der Waals surface area (Å²) >= 11 is 11.9. The number of piperidine rings is 1. The molecule has 1 N–H and O–H groups in total. The van der Waals surface area contributed by atoms with Crippen molar-refractivity contribution in [2.24, 2.45) is 23.2 Å². The number of amides is 1. The van der Waals surface area contributed by atoms with Gasteiger partial charge < -0.3 is 15.0 Å². The number of ether oxygens (including phenoxy) is 1. The highest BCUT2D eigenvalue weighted by Gasteiger charge is 2.56. The standard InChI is InChI=1S/C32H42Cl2N2O3/c1-31-14-12-25(39-30(38)11-6-22-4-3-5-24(20-22)36(18-16-33)19-17-34)21-23(31)7-8-26-27(31)13-15-32(2)28(26)9-10-29(37)35-32/h3-7,11,20,25-28H,8-10,12-19,21H2,1-2H3,(H,35,37)/b11-6+/t25-,26+,27-,28-,31-,32-/m0/s1. The number of nitrogens with one attached hydrogen (secondary N) is 1. The van der Waals surface area contributed by atoms with E-state index >= 15 is 0 Å². The molecule has 7 heteroatoms. The highest BCUT2D eigenvalue weighted by molar-refractivity contribution is 6.18. The highest BCUT2D eigenvalue weighted by Crippen LogP contribution is 2.60. The summed E-state index contributed by atoms with van der Waals surface area (Å²) in [5.41, 5.74) is 3.58. The molecule has 39 heavy (non-hydrogen) atoms. The largest absolute Gasteiger partial charge is 0.459 e. The molecule has 1 saturated heterocycles. The normalized spacial score (nSPS) is 33.8. The summed E-state index contributed by atoms with van der Waals surface area (Å²) in [6.45, 7) is 6.15. The van der Waals surface area contributed by atoms with Crippen LogP contribution in [0.4, 0.5) is 5.69 Å². The van der Waals surface area contributed by atoms with Crippen LogP contribution in [0.25, 0.3) is 6.08 Å². The Labute approximate surface area is 243 Å². The summed E-state index contributed by atoms with van der Waals surface area (Å²) in [6, 6.07) is 8.04. The van der Waals surface area contributed by atoms with Gasteiger partial charge in [-0.15, -0.1) is 23.2 Å². The predicted octanol–water partition coefficient (Wildman–Crippen LogP) is 6.73. The van der Waals surface area contributed by atoms with E-state index in [0.717, 1.165) is 69.3 Å². The number of fused-ring (bicyclic) bond motifs is 5. The molecule has 5 nitrogen and oxygen atoms in total. The number of halogens is 2. The van der Waals surface area contributed by atoms with Gasteiger partial charge in [0.2, 0.25) is 5.91 Å². The zero-order chi connectivity index (χ0) is 27.6. The van der Waals surface area contributed by atoms with Crippen LogP contribution in [0.2, 0.25) is 0 Å². The monoisotopic (exact) mass is 572 g/mol. The van der Waals surface area contributed by atoms with E-state index in [2.05, 4.69) is 30.1 Å². The third-order valence-electron chi connectivity index (χ3n) is 10.2. The molecule has 1 heterocycles. The Hall–Kier alpha value is -1.98. The number of hydrogen-bond donors (Lipinski definition) is 1. The molecule has 2 saturated carbocycles. The van der Waals surface area contributed by atoms with Crippen LogP contribution in [-0.2, 0) is 14.3 Å². The van der Waals surface area contributed by atoms with Crippen molar-refractivity contribution in [2.75, 3.05) is 29.7 Å². The summed E-state index contributed by atoms with van der Waals surface area (Å²) in [6.07, 6.45) is 13.5. The Bertz CT molecular complexity index is 1130. The van der Waals surface area contributed by atoms with Gasteiger partial charge >= 0.3 is 5.97 Å². The number of alkyl halides is 2. The molecule has 0 unspecified atom stereocenters. The molecule has 3 aliphatic carbocycles. The van der Waals surface area contributed by atoms with Crippen LogP contribution in [0, 0.1) is 23.2 Å². The first-order valence-corrected chi connectivity index (χ1v) is 15.7. The number of nitrogens with zero attached hydrogens (tertiary/aromatic N) is 1. The maximum absolute atomic E-state index is 12.8. The summed E-state index contributed by atoms with van der Waals surface area (Å²) in [4.78, 5) is 27.1. The van der Waals surface area contributed by atoms with Crippen molar-refractivity contribution in [1.82, 2.24) is 5.32 Å². The quantitative estimate of drug-likeness (QED) is 0.162. The van der Waals surface area contributed by atoms with Crippen LogP contribution >= 0.6 is 23.2 Å². The number of hydrogen-bond acceptors (Lipinski definition) is 4. The van der Waals surface area contributed by atoms with Gasteiger partial charge in [-0.1, -0.05) is 30.7 Å².